The van der Waals surface area contributed by atoms with Crippen LogP contribution < -0.4 is 5.32 Å². The number of halogens is 1. The summed E-state index contributed by atoms with van der Waals surface area (Å²) >= 11 is 7.84. The number of benzene rings is 2. The van der Waals surface area contributed by atoms with Crippen molar-refractivity contribution in [2.24, 2.45) is 15.9 Å². The van der Waals surface area contributed by atoms with Crippen molar-refractivity contribution in [3.63, 3.8) is 0 Å². The quantitative estimate of drug-likeness (QED) is 0.176. The van der Waals surface area contributed by atoms with Crippen LogP contribution in [0.5, 0.6) is 0 Å². The molecule has 0 aromatic heterocycles. The van der Waals surface area contributed by atoms with Gasteiger partial charge in [-0.3, -0.25) is 9.79 Å². The van der Waals surface area contributed by atoms with E-state index in [1.807, 2.05) is 55.3 Å². The number of unbranched alkanes of at least 4 members (excludes halogenated alkanes) is 1. The van der Waals surface area contributed by atoms with Crippen LogP contribution in [0.25, 0.3) is 0 Å². The second-order valence-corrected chi connectivity index (χ2v) is 13.0. The first kappa shape index (κ1) is 35.6. The summed E-state index contributed by atoms with van der Waals surface area (Å²) in [6.45, 7) is 14.3. The van der Waals surface area contributed by atoms with E-state index in [4.69, 9.17) is 16.6 Å². The molecular weight excluding hydrogens is 584 g/mol. The number of nitrogens with zero attached hydrogens (tertiary/aromatic N) is 3. The van der Waals surface area contributed by atoms with E-state index in [1.165, 1.54) is 16.8 Å². The first-order valence-electron chi connectivity index (χ1n) is 16.2. The van der Waals surface area contributed by atoms with E-state index in [0.717, 1.165) is 72.6 Å². The van der Waals surface area contributed by atoms with Gasteiger partial charge in [0.05, 0.1) is 5.69 Å². The summed E-state index contributed by atoms with van der Waals surface area (Å²) in [7, 11) is 1.86. The number of amides is 1. The molecule has 0 aliphatic carbocycles. The lowest BCUT2D eigenvalue weighted by atomic mass is 10.0. The van der Waals surface area contributed by atoms with Crippen molar-refractivity contribution in [1.82, 2.24) is 10.2 Å². The summed E-state index contributed by atoms with van der Waals surface area (Å²) in [6, 6.07) is 15.9. The van der Waals surface area contributed by atoms with Gasteiger partial charge in [0.25, 0.3) is 0 Å². The van der Waals surface area contributed by atoms with E-state index in [1.54, 1.807) is 11.8 Å². The van der Waals surface area contributed by atoms with Gasteiger partial charge in [0.15, 0.2) is 0 Å². The van der Waals surface area contributed by atoms with Crippen molar-refractivity contribution in [2.75, 3.05) is 20.1 Å². The predicted molar refractivity (Wildman–Crippen MR) is 192 cm³/mol. The van der Waals surface area contributed by atoms with E-state index >= 15 is 0 Å². The molecule has 0 spiro atoms. The fourth-order valence-corrected chi connectivity index (χ4v) is 6.94. The Morgan fingerprint density at radius 2 is 1.86 bits per heavy atom. The van der Waals surface area contributed by atoms with Crippen molar-refractivity contribution >= 4 is 45.8 Å². The molecule has 0 radical (unpaired) electrons. The number of allylic oxidation sites excluding steroid dienone is 3. The van der Waals surface area contributed by atoms with Crippen LogP contribution in [-0.2, 0) is 4.79 Å². The highest BCUT2D eigenvalue weighted by Gasteiger charge is 2.35. The first-order valence-corrected chi connectivity index (χ1v) is 17.5. The molecule has 2 aromatic carbocycles. The lowest BCUT2D eigenvalue weighted by molar-refractivity contribution is -0.129. The molecule has 3 rings (SSSR count). The number of thioether (sulfide) groups is 1. The SMILES string of the molecule is CCC/C=C(\CC)C(=Nc1ccc(Cl)cc1C)SC(C(=O)N1CCC(C(=NC)N/C(CCC)=C(\C)CC)C1)c1ccccc1. The number of likely N-dealkylation sites (tertiary alicyclic amines) is 1. The molecule has 1 aliphatic rings. The van der Waals surface area contributed by atoms with Crippen LogP contribution in [0.15, 0.2) is 81.4 Å². The molecule has 1 heterocycles. The fourth-order valence-electron chi connectivity index (χ4n) is 5.42. The number of amidine groups is 1. The van der Waals surface area contributed by atoms with Crippen LogP contribution in [0, 0.1) is 12.8 Å². The Hall–Kier alpha value is -2.83. The number of rotatable bonds is 13. The minimum Gasteiger partial charge on any atom is -0.347 e. The molecule has 44 heavy (non-hydrogen) atoms. The molecule has 2 atom stereocenters. The van der Waals surface area contributed by atoms with Gasteiger partial charge in [0.2, 0.25) is 5.91 Å². The van der Waals surface area contributed by atoms with Crippen molar-refractivity contribution in [3.05, 3.63) is 87.6 Å². The Kier molecular flexibility index (Phi) is 14.8. The maximum Gasteiger partial charge on any atom is 0.240 e. The minimum atomic E-state index is -0.411. The topological polar surface area (TPSA) is 57.1 Å². The Morgan fingerprint density at radius 1 is 1.11 bits per heavy atom. The summed E-state index contributed by atoms with van der Waals surface area (Å²) < 4.78 is 0. The number of carbonyl (C=O) groups is 1. The zero-order valence-corrected chi connectivity index (χ0v) is 29.3. The zero-order chi connectivity index (χ0) is 32.1. The van der Waals surface area contributed by atoms with Crippen LogP contribution >= 0.6 is 23.4 Å². The van der Waals surface area contributed by atoms with Gasteiger partial charge < -0.3 is 10.2 Å². The molecule has 1 N–H and O–H groups in total. The molecule has 7 heteroatoms. The highest BCUT2D eigenvalue weighted by Crippen LogP contribution is 2.38. The third-order valence-electron chi connectivity index (χ3n) is 8.22. The molecule has 0 saturated carbocycles. The first-order chi connectivity index (χ1) is 21.3. The minimum absolute atomic E-state index is 0.125. The molecular formula is C37H51ClN4OS. The van der Waals surface area contributed by atoms with E-state index < -0.39 is 5.25 Å². The Labute approximate surface area is 275 Å². The Morgan fingerprint density at radius 3 is 2.48 bits per heavy atom. The van der Waals surface area contributed by atoms with Crippen molar-refractivity contribution in [2.45, 2.75) is 91.7 Å². The average molecular weight is 635 g/mol. The number of nitrogens with one attached hydrogen (secondary N) is 1. The van der Waals surface area contributed by atoms with E-state index in [-0.39, 0.29) is 11.8 Å². The van der Waals surface area contributed by atoms with E-state index in [2.05, 4.69) is 63.1 Å². The number of carbonyl (C=O) groups excluding carboxylic acids is 1. The second kappa shape index (κ2) is 18.2. The number of hydrogen-bond donors (Lipinski definition) is 1. The summed E-state index contributed by atoms with van der Waals surface area (Å²) in [5, 5.41) is 4.86. The Balaban J connectivity index is 1.95. The molecule has 1 amide bonds. The van der Waals surface area contributed by atoms with Crippen molar-refractivity contribution < 1.29 is 4.79 Å². The summed E-state index contributed by atoms with van der Waals surface area (Å²) in [6.07, 6.45) is 9.13. The molecule has 238 valence electrons. The largest absolute Gasteiger partial charge is 0.347 e. The van der Waals surface area contributed by atoms with Gasteiger partial charge in [0, 0.05) is 36.8 Å². The molecule has 2 unspecified atom stereocenters. The van der Waals surface area contributed by atoms with E-state index in [0.29, 0.717) is 18.1 Å². The second-order valence-electron chi connectivity index (χ2n) is 11.5. The zero-order valence-electron chi connectivity index (χ0n) is 27.8. The maximum atomic E-state index is 14.4. The van der Waals surface area contributed by atoms with Crippen LogP contribution in [0.1, 0.15) is 95.9 Å². The molecule has 5 nitrogen and oxygen atoms in total. The monoisotopic (exact) mass is 634 g/mol. The predicted octanol–water partition coefficient (Wildman–Crippen LogP) is 10.2. The summed E-state index contributed by atoms with van der Waals surface area (Å²) in [4.78, 5) is 26.3. The molecule has 2 aromatic rings. The van der Waals surface area contributed by atoms with E-state index in [9.17, 15) is 4.79 Å². The van der Waals surface area contributed by atoms with Gasteiger partial charge in [-0.25, -0.2) is 4.99 Å². The van der Waals surface area contributed by atoms with Gasteiger partial charge in [-0.05, 0) is 80.9 Å². The van der Waals surface area contributed by atoms with Gasteiger partial charge in [-0.1, -0.05) is 106 Å². The summed E-state index contributed by atoms with van der Waals surface area (Å²) in [5.74, 6) is 1.29. The van der Waals surface area contributed by atoms with Crippen LogP contribution in [0.4, 0.5) is 5.69 Å². The molecule has 1 saturated heterocycles. The summed E-state index contributed by atoms with van der Waals surface area (Å²) in [5.41, 5.74) is 6.69. The molecule has 1 aliphatic heterocycles. The van der Waals surface area contributed by atoms with Crippen molar-refractivity contribution in [3.8, 4) is 0 Å². The van der Waals surface area contributed by atoms with Crippen LogP contribution in [0.3, 0.4) is 0 Å². The highest BCUT2D eigenvalue weighted by molar-refractivity contribution is 8.15. The normalized spacial score (nSPS) is 17.5. The fraction of sp³-hybridized carbons (Fsp3) is 0.486. The number of hydrogen-bond acceptors (Lipinski definition) is 4. The third kappa shape index (κ3) is 9.84. The highest BCUT2D eigenvalue weighted by atomic mass is 35.5. The third-order valence-corrected chi connectivity index (χ3v) is 9.75. The molecule has 0 bridgehead atoms. The smallest absolute Gasteiger partial charge is 0.240 e. The average Bonchev–Trinajstić information content (AvgIpc) is 3.53. The number of aliphatic imine (C=N–C) groups is 2. The van der Waals surface area contributed by atoms with Gasteiger partial charge in [-0.15, -0.1) is 0 Å². The number of aryl methyl sites for hydroxylation is 1. The molecule has 1 fully saturated rings. The van der Waals surface area contributed by atoms with Crippen LogP contribution in [0.2, 0.25) is 5.02 Å². The van der Waals surface area contributed by atoms with Crippen molar-refractivity contribution in [1.29, 1.82) is 0 Å². The van der Waals surface area contributed by atoms with Crippen LogP contribution in [-0.4, -0.2) is 41.8 Å². The lowest BCUT2D eigenvalue weighted by Crippen LogP contribution is -2.36. The van der Waals surface area contributed by atoms with Gasteiger partial charge in [-0.2, -0.15) is 0 Å². The van der Waals surface area contributed by atoms with Gasteiger partial charge >= 0.3 is 0 Å². The van der Waals surface area contributed by atoms with Gasteiger partial charge in [0.1, 0.15) is 16.1 Å². The lowest BCUT2D eigenvalue weighted by Gasteiger charge is -2.25. The Bertz CT molecular complexity index is 1360. The standard InChI is InChI=1S/C37H51ClN4OS/c1-8-12-17-28(11-4)36(41-33-21-20-31(38)24-27(33)6)44-34(29-18-14-13-15-19-29)37(43)42-23-22-30(25-42)35(39-7)40-32(16-9-2)26(5)10-3/h13-15,17-21,24,30,34H,8-12,16,22-23,25H2,1-7H3,(H,39,40)/b28-17+,32-26+,41-36?. The maximum absolute atomic E-state index is 14.4.